The largest absolute Gasteiger partial charge is 0.370 e. The average molecular weight is 210 g/mol. The van der Waals surface area contributed by atoms with Crippen molar-refractivity contribution in [3.8, 4) is 0 Å². The van der Waals surface area contributed by atoms with Crippen molar-refractivity contribution in [1.82, 2.24) is 5.32 Å². The maximum absolute atomic E-state index is 10.8. The molecule has 4 nitrogen and oxygen atoms in total. The third kappa shape index (κ3) is 2.00. The summed E-state index contributed by atoms with van der Waals surface area (Å²) in [6.07, 6.45) is 1.74. The van der Waals surface area contributed by atoms with Crippen LogP contribution in [0.1, 0.15) is 6.92 Å². The van der Waals surface area contributed by atoms with Crippen molar-refractivity contribution in [2.45, 2.75) is 13.2 Å². The van der Waals surface area contributed by atoms with Crippen molar-refractivity contribution in [1.29, 1.82) is 0 Å². The predicted molar refractivity (Wildman–Crippen MR) is 45.8 cm³/mol. The number of hydrogen-bond donors (Lipinski definition) is 2. The first kappa shape index (κ1) is 9.57. The van der Waals surface area contributed by atoms with E-state index in [4.69, 9.17) is 15.8 Å². The molecule has 1 rings (SSSR count). The molecule has 0 saturated carbocycles. The van der Waals surface area contributed by atoms with Gasteiger partial charge in [-0.05, 0) is 19.1 Å². The molecule has 68 valence electrons. The molecular weight excluding hydrogens is 202 g/mol. The van der Waals surface area contributed by atoms with E-state index < -0.39 is 15.3 Å². The Bertz CT molecular complexity index is 344. The van der Waals surface area contributed by atoms with E-state index in [1.807, 2.05) is 0 Å². The Hall–Kier alpha value is -0.520. The highest BCUT2D eigenvalue weighted by molar-refractivity contribution is 8.17. The average Bonchev–Trinajstić information content (AvgIpc) is 1.83. The highest BCUT2D eigenvalue weighted by Gasteiger charge is 2.19. The van der Waals surface area contributed by atoms with Crippen molar-refractivity contribution < 1.29 is 13.5 Å². The maximum atomic E-state index is 10.8. The lowest BCUT2D eigenvalue weighted by atomic mass is 10.3. The highest BCUT2D eigenvalue weighted by atomic mass is 35.7. The maximum Gasteiger partial charge on any atom is 0.263 e. The Morgan fingerprint density at radius 3 is 2.67 bits per heavy atom. The molecule has 0 aromatic heterocycles. The summed E-state index contributed by atoms with van der Waals surface area (Å²) in [4.78, 5) is -0.00512. The third-order valence-corrected chi connectivity index (χ3v) is 2.89. The molecule has 1 atom stereocenters. The van der Waals surface area contributed by atoms with Gasteiger partial charge >= 0.3 is 0 Å². The van der Waals surface area contributed by atoms with Gasteiger partial charge in [-0.1, -0.05) is 0 Å². The Balaban J connectivity index is 3.09. The second-order valence-electron chi connectivity index (χ2n) is 2.38. The number of rotatable bonds is 1. The minimum atomic E-state index is -3.71. The number of hydrogen-bond acceptors (Lipinski definition) is 4. The summed E-state index contributed by atoms with van der Waals surface area (Å²) >= 11 is 0. The zero-order valence-electron chi connectivity index (χ0n) is 6.28. The second-order valence-corrected chi connectivity index (χ2v) is 4.91. The molecule has 2 N–H and O–H groups in total. The lowest BCUT2D eigenvalue weighted by molar-refractivity contribution is 0.196. The first-order valence-corrected chi connectivity index (χ1v) is 5.50. The normalized spacial score (nSPS) is 24.1. The van der Waals surface area contributed by atoms with Gasteiger partial charge in [-0.3, -0.25) is 0 Å². The van der Waals surface area contributed by atoms with Crippen LogP contribution in [0.4, 0.5) is 0 Å². The first-order valence-electron chi connectivity index (χ1n) is 3.19. The van der Waals surface area contributed by atoms with Crippen LogP contribution in [0.5, 0.6) is 0 Å². The fourth-order valence-corrected chi connectivity index (χ4v) is 2.08. The molecule has 0 fully saturated rings. The van der Waals surface area contributed by atoms with Crippen molar-refractivity contribution in [3.05, 3.63) is 22.8 Å². The number of nitrogens with one attached hydrogen (secondary N) is 1. The monoisotopic (exact) mass is 209 g/mol. The summed E-state index contributed by atoms with van der Waals surface area (Å²) < 4.78 is 21.7. The van der Waals surface area contributed by atoms with Crippen LogP contribution in [0.15, 0.2) is 22.8 Å². The van der Waals surface area contributed by atoms with Gasteiger partial charge < -0.3 is 10.4 Å². The summed E-state index contributed by atoms with van der Waals surface area (Å²) in [5.74, 6) is 0. The molecule has 0 aromatic rings. The molecule has 12 heavy (non-hydrogen) atoms. The van der Waals surface area contributed by atoms with E-state index in [1.54, 1.807) is 0 Å². The molecule has 0 aromatic carbocycles. The zero-order valence-corrected chi connectivity index (χ0v) is 7.85. The van der Waals surface area contributed by atoms with Crippen molar-refractivity contribution in [3.63, 3.8) is 0 Å². The quantitative estimate of drug-likeness (QED) is 0.609. The number of halogens is 1. The molecule has 0 spiro atoms. The molecule has 1 aliphatic heterocycles. The number of aliphatic hydroxyl groups excluding tert-OH is 1. The highest BCUT2D eigenvalue weighted by Crippen LogP contribution is 2.19. The predicted octanol–water partition coefficient (Wildman–Crippen LogP) is 0.264. The van der Waals surface area contributed by atoms with Crippen LogP contribution >= 0.6 is 10.7 Å². The molecule has 0 amide bonds. The van der Waals surface area contributed by atoms with E-state index in [2.05, 4.69) is 5.32 Å². The van der Waals surface area contributed by atoms with E-state index in [0.717, 1.165) is 0 Å². The van der Waals surface area contributed by atoms with E-state index in [1.165, 1.54) is 19.1 Å². The fourth-order valence-electron chi connectivity index (χ4n) is 0.909. The van der Waals surface area contributed by atoms with Gasteiger partial charge in [0.2, 0.25) is 0 Å². The molecule has 0 saturated heterocycles. The Kier molecular flexibility index (Phi) is 2.46. The van der Waals surface area contributed by atoms with Gasteiger partial charge in [-0.15, -0.1) is 0 Å². The lowest BCUT2D eigenvalue weighted by Crippen LogP contribution is -2.29. The summed E-state index contributed by atoms with van der Waals surface area (Å²) in [6, 6.07) is 0. The van der Waals surface area contributed by atoms with E-state index in [9.17, 15) is 8.42 Å². The molecule has 6 heteroatoms. The summed E-state index contributed by atoms with van der Waals surface area (Å²) in [5.41, 5.74) is 0.347. The van der Waals surface area contributed by atoms with Crippen LogP contribution < -0.4 is 5.32 Å². The van der Waals surface area contributed by atoms with E-state index in [0.29, 0.717) is 5.70 Å². The summed E-state index contributed by atoms with van der Waals surface area (Å²) in [5, 5.41) is 11.5. The topological polar surface area (TPSA) is 66.4 Å². The van der Waals surface area contributed by atoms with Crippen LogP contribution in [0.3, 0.4) is 0 Å². The van der Waals surface area contributed by atoms with Gasteiger partial charge in [0.05, 0.1) is 0 Å². The third-order valence-electron chi connectivity index (χ3n) is 1.43. The van der Waals surface area contributed by atoms with E-state index in [-0.39, 0.29) is 4.91 Å². The number of dihydropyridines is 1. The second kappa shape index (κ2) is 3.08. The van der Waals surface area contributed by atoms with Gasteiger partial charge in [-0.25, -0.2) is 8.42 Å². The minimum absolute atomic E-state index is 0.00512. The summed E-state index contributed by atoms with van der Waals surface area (Å²) in [7, 11) is 1.39. The van der Waals surface area contributed by atoms with Crippen molar-refractivity contribution >= 4 is 19.7 Å². The lowest BCUT2D eigenvalue weighted by Gasteiger charge is -2.16. The van der Waals surface area contributed by atoms with Crippen LogP contribution in [0.25, 0.3) is 0 Å². The minimum Gasteiger partial charge on any atom is -0.370 e. The van der Waals surface area contributed by atoms with Crippen LogP contribution in [0.2, 0.25) is 0 Å². The van der Waals surface area contributed by atoms with Crippen molar-refractivity contribution in [2.24, 2.45) is 0 Å². The smallest absolute Gasteiger partial charge is 0.263 e. The SMILES string of the molecule is CC1=C(S(=O)(=O)Cl)C=CC(O)N1. The standard InChI is InChI=1S/C6H8ClNO3S/c1-4-5(12(7,10)11)2-3-6(9)8-4/h2-3,6,8-9H,1H3. The molecule has 0 radical (unpaired) electrons. The van der Waals surface area contributed by atoms with Gasteiger partial charge in [0, 0.05) is 16.4 Å². The first-order chi connectivity index (χ1) is 5.41. The Morgan fingerprint density at radius 2 is 2.25 bits per heavy atom. The molecule has 1 unspecified atom stereocenters. The molecule has 1 aliphatic rings. The van der Waals surface area contributed by atoms with Gasteiger partial charge in [0.15, 0.2) is 0 Å². The van der Waals surface area contributed by atoms with E-state index >= 15 is 0 Å². The van der Waals surface area contributed by atoms with Crippen LogP contribution in [-0.4, -0.2) is 19.8 Å². The number of aliphatic hydroxyl groups is 1. The zero-order chi connectivity index (χ0) is 9.35. The molecule has 0 bridgehead atoms. The van der Waals surface area contributed by atoms with Crippen LogP contribution in [0, 0.1) is 0 Å². The molecule has 1 heterocycles. The van der Waals surface area contributed by atoms with Crippen molar-refractivity contribution in [2.75, 3.05) is 0 Å². The number of allylic oxidation sites excluding steroid dienone is 2. The van der Waals surface area contributed by atoms with Crippen LogP contribution in [-0.2, 0) is 9.05 Å². The van der Waals surface area contributed by atoms with Gasteiger partial charge in [-0.2, -0.15) is 0 Å². The fraction of sp³-hybridized carbons (Fsp3) is 0.333. The Labute approximate surface area is 75.0 Å². The van der Waals surface area contributed by atoms with Gasteiger partial charge in [0.25, 0.3) is 9.05 Å². The van der Waals surface area contributed by atoms with Gasteiger partial charge in [0.1, 0.15) is 11.1 Å². The molecule has 0 aliphatic carbocycles. The Morgan fingerprint density at radius 1 is 1.67 bits per heavy atom. The molecular formula is C6H8ClNO3S. The summed E-state index contributed by atoms with van der Waals surface area (Å²) in [6.45, 7) is 1.53.